The topological polar surface area (TPSA) is 108 Å². The zero-order chi connectivity index (χ0) is 30.1. The predicted molar refractivity (Wildman–Crippen MR) is 144 cm³/mol. The van der Waals surface area contributed by atoms with Crippen LogP contribution >= 0.6 is 11.6 Å². The van der Waals surface area contributed by atoms with Crippen molar-refractivity contribution in [3.63, 3.8) is 0 Å². The Morgan fingerprint density at radius 2 is 1.85 bits per heavy atom. The van der Waals surface area contributed by atoms with E-state index in [0.29, 0.717) is 0 Å². The summed E-state index contributed by atoms with van der Waals surface area (Å²) in [6.45, 7) is 4.03. The smallest absolute Gasteiger partial charge is 0.418 e. The minimum Gasteiger partial charge on any atom is -0.443 e. The molecule has 2 fully saturated rings. The van der Waals surface area contributed by atoms with Gasteiger partial charge in [0.25, 0.3) is 5.92 Å². The molecule has 4 rings (SSSR count). The standard InChI is InChI=1S/C28H30ClF3N4O5/c1-27(2,3)41-26(40)36-14-21(34-25(36)39)22(37)15-35(18-8-6-7-16(30)11-18)23(19-9-4-5-10-20(19)29)24(38)33-17-12-28(31,32)13-17/h4-11,17,21,23H,12-15H2,1-3H3,(H,33,38)(H,34,39)/t21-,23?/m0/s1. The van der Waals surface area contributed by atoms with Gasteiger partial charge in [0.05, 0.1) is 13.1 Å². The molecule has 220 valence electrons. The number of carbonyl (C=O) groups is 4. The zero-order valence-corrected chi connectivity index (χ0v) is 23.4. The fourth-order valence-corrected chi connectivity index (χ4v) is 4.89. The number of hydrogen-bond acceptors (Lipinski definition) is 6. The number of ketones is 1. The Morgan fingerprint density at radius 1 is 1.17 bits per heavy atom. The van der Waals surface area contributed by atoms with Crippen LogP contribution in [-0.4, -0.2) is 65.4 Å². The maximum Gasteiger partial charge on any atom is 0.418 e. The van der Waals surface area contributed by atoms with E-state index in [4.69, 9.17) is 16.3 Å². The van der Waals surface area contributed by atoms with E-state index < -0.39 is 78.7 Å². The van der Waals surface area contributed by atoms with E-state index in [1.807, 2.05) is 0 Å². The Bertz CT molecular complexity index is 1340. The van der Waals surface area contributed by atoms with E-state index in [9.17, 15) is 32.3 Å². The quantitative estimate of drug-likeness (QED) is 0.453. The molecule has 0 aromatic heterocycles. The number of Topliss-reactive ketones (excluding diaryl/α,β-unsaturated/α-hetero) is 1. The number of carbonyl (C=O) groups excluding carboxylic acids is 4. The van der Waals surface area contributed by atoms with E-state index in [-0.39, 0.29) is 22.8 Å². The number of urea groups is 1. The summed E-state index contributed by atoms with van der Waals surface area (Å²) < 4.78 is 46.6. The molecule has 2 atom stereocenters. The molecule has 41 heavy (non-hydrogen) atoms. The lowest BCUT2D eigenvalue weighted by Gasteiger charge is -2.39. The van der Waals surface area contributed by atoms with Crippen LogP contribution in [0.3, 0.4) is 0 Å². The lowest BCUT2D eigenvalue weighted by atomic mass is 9.87. The molecule has 9 nitrogen and oxygen atoms in total. The Morgan fingerprint density at radius 3 is 2.46 bits per heavy atom. The van der Waals surface area contributed by atoms with Gasteiger partial charge in [-0.15, -0.1) is 0 Å². The van der Waals surface area contributed by atoms with Gasteiger partial charge in [0, 0.05) is 35.2 Å². The molecule has 1 saturated carbocycles. The van der Waals surface area contributed by atoms with Gasteiger partial charge in [-0.3, -0.25) is 9.59 Å². The number of benzene rings is 2. The first kappa shape index (κ1) is 30.2. The summed E-state index contributed by atoms with van der Waals surface area (Å²) in [5.74, 6) is -4.87. The van der Waals surface area contributed by atoms with Gasteiger partial charge in [0.1, 0.15) is 23.5 Å². The molecule has 0 spiro atoms. The van der Waals surface area contributed by atoms with Crippen molar-refractivity contribution in [2.45, 2.75) is 63.3 Å². The van der Waals surface area contributed by atoms with Crippen molar-refractivity contribution in [3.05, 3.63) is 64.9 Å². The van der Waals surface area contributed by atoms with Crippen molar-refractivity contribution in [2.75, 3.05) is 18.0 Å². The van der Waals surface area contributed by atoms with E-state index in [1.165, 1.54) is 29.2 Å². The van der Waals surface area contributed by atoms with Gasteiger partial charge in [-0.2, -0.15) is 0 Å². The Hall–Kier alpha value is -3.80. The SMILES string of the molecule is CC(C)(C)OC(=O)N1C[C@@H](C(=O)CN(c2cccc(F)c2)C(C(=O)NC2CC(F)(F)C2)c2ccccc2Cl)NC1=O. The second-order valence-corrected chi connectivity index (χ2v) is 11.5. The number of nitrogens with zero attached hydrogens (tertiary/aromatic N) is 2. The number of alkyl halides is 2. The molecule has 2 aliphatic rings. The summed E-state index contributed by atoms with van der Waals surface area (Å²) in [5.41, 5.74) is -0.501. The Labute approximate surface area is 239 Å². The van der Waals surface area contributed by atoms with Gasteiger partial charge in [-0.1, -0.05) is 35.9 Å². The zero-order valence-electron chi connectivity index (χ0n) is 22.6. The highest BCUT2D eigenvalue weighted by Crippen LogP contribution is 2.39. The average molecular weight is 595 g/mol. The summed E-state index contributed by atoms with van der Waals surface area (Å²) in [5, 5.41) is 5.19. The first-order valence-corrected chi connectivity index (χ1v) is 13.3. The molecule has 1 heterocycles. The average Bonchev–Trinajstić information content (AvgIpc) is 3.24. The third kappa shape index (κ3) is 7.29. The van der Waals surface area contributed by atoms with E-state index in [1.54, 1.807) is 39.0 Å². The molecular formula is C28H30ClF3N4O5. The summed E-state index contributed by atoms with van der Waals surface area (Å²) >= 11 is 6.44. The first-order valence-electron chi connectivity index (χ1n) is 12.9. The number of ether oxygens (including phenoxy) is 1. The molecule has 0 bridgehead atoms. The summed E-state index contributed by atoms with van der Waals surface area (Å²) in [6.07, 6.45) is -2.01. The van der Waals surface area contributed by atoms with Crippen molar-refractivity contribution < 1.29 is 37.1 Å². The van der Waals surface area contributed by atoms with Gasteiger partial charge < -0.3 is 20.3 Å². The Balaban J connectivity index is 1.65. The lowest BCUT2D eigenvalue weighted by molar-refractivity contribution is -0.130. The van der Waals surface area contributed by atoms with Crippen LogP contribution in [0, 0.1) is 5.82 Å². The second kappa shape index (κ2) is 11.6. The summed E-state index contributed by atoms with van der Waals surface area (Å²) in [4.78, 5) is 54.2. The number of halogens is 4. The molecule has 2 N–H and O–H groups in total. The van der Waals surface area contributed by atoms with Gasteiger partial charge in [0.2, 0.25) is 5.91 Å². The molecule has 13 heteroatoms. The monoisotopic (exact) mass is 594 g/mol. The summed E-state index contributed by atoms with van der Waals surface area (Å²) in [6, 6.07) is 7.34. The highest BCUT2D eigenvalue weighted by atomic mass is 35.5. The van der Waals surface area contributed by atoms with Crippen molar-refractivity contribution in [1.82, 2.24) is 15.5 Å². The third-order valence-corrected chi connectivity index (χ3v) is 6.92. The molecule has 1 aliphatic heterocycles. The molecule has 1 unspecified atom stereocenters. The van der Waals surface area contributed by atoms with Crippen molar-refractivity contribution >= 4 is 41.1 Å². The Kier molecular flexibility index (Phi) is 8.53. The lowest BCUT2D eigenvalue weighted by Crippen LogP contribution is -2.54. The van der Waals surface area contributed by atoms with E-state index >= 15 is 0 Å². The number of nitrogens with one attached hydrogen (secondary N) is 2. The molecule has 2 aromatic rings. The highest BCUT2D eigenvalue weighted by molar-refractivity contribution is 6.31. The molecule has 1 aliphatic carbocycles. The van der Waals surface area contributed by atoms with Crippen LogP contribution in [0.4, 0.5) is 28.4 Å². The van der Waals surface area contributed by atoms with E-state index in [0.717, 1.165) is 11.0 Å². The fraction of sp³-hybridized carbons (Fsp3) is 0.429. The molecule has 4 amide bonds. The van der Waals surface area contributed by atoms with Crippen molar-refractivity contribution in [2.24, 2.45) is 0 Å². The number of imide groups is 1. The fourth-order valence-electron chi connectivity index (χ4n) is 4.65. The predicted octanol–water partition coefficient (Wildman–Crippen LogP) is 4.84. The van der Waals surface area contributed by atoms with Crippen LogP contribution in [-0.2, 0) is 14.3 Å². The van der Waals surface area contributed by atoms with Crippen LogP contribution in [0.15, 0.2) is 48.5 Å². The van der Waals surface area contributed by atoms with Crippen LogP contribution in [0.2, 0.25) is 5.02 Å². The van der Waals surface area contributed by atoms with Crippen LogP contribution in [0.5, 0.6) is 0 Å². The third-order valence-electron chi connectivity index (χ3n) is 6.57. The van der Waals surface area contributed by atoms with Gasteiger partial charge in [-0.25, -0.2) is 27.7 Å². The minimum absolute atomic E-state index is 0.130. The number of amides is 4. The number of hydrogen-bond donors (Lipinski definition) is 2. The molecule has 0 radical (unpaired) electrons. The normalized spacial score (nSPS) is 19.1. The number of anilines is 1. The highest BCUT2D eigenvalue weighted by Gasteiger charge is 2.47. The second-order valence-electron chi connectivity index (χ2n) is 11.1. The number of rotatable bonds is 8. The van der Waals surface area contributed by atoms with Crippen molar-refractivity contribution in [1.29, 1.82) is 0 Å². The van der Waals surface area contributed by atoms with Crippen LogP contribution in [0.25, 0.3) is 0 Å². The van der Waals surface area contributed by atoms with Gasteiger partial charge in [-0.05, 0) is 45.0 Å². The van der Waals surface area contributed by atoms with Crippen LogP contribution in [0.1, 0.15) is 45.2 Å². The molecular weight excluding hydrogens is 565 g/mol. The van der Waals surface area contributed by atoms with Crippen LogP contribution < -0.4 is 15.5 Å². The van der Waals surface area contributed by atoms with Crippen molar-refractivity contribution in [3.8, 4) is 0 Å². The summed E-state index contributed by atoms with van der Waals surface area (Å²) in [7, 11) is 0. The maximum absolute atomic E-state index is 14.4. The molecule has 2 aromatic carbocycles. The molecule has 1 saturated heterocycles. The maximum atomic E-state index is 14.4. The largest absolute Gasteiger partial charge is 0.443 e. The van der Waals surface area contributed by atoms with Gasteiger partial charge in [0.15, 0.2) is 5.78 Å². The van der Waals surface area contributed by atoms with Gasteiger partial charge >= 0.3 is 12.1 Å². The first-order chi connectivity index (χ1) is 19.1. The minimum atomic E-state index is -2.89. The van der Waals surface area contributed by atoms with E-state index in [2.05, 4.69) is 10.6 Å².